The maximum Gasteiger partial charge on any atom is 0.243 e. The third-order valence-corrected chi connectivity index (χ3v) is 6.79. The molecule has 13 heteroatoms. The van der Waals surface area contributed by atoms with Crippen LogP contribution >= 0.6 is 0 Å². The summed E-state index contributed by atoms with van der Waals surface area (Å²) in [5.74, 6) is -3.93. The van der Waals surface area contributed by atoms with Crippen LogP contribution in [0.25, 0.3) is 11.1 Å². The largest absolute Gasteiger partial charge is 0.507 e. The van der Waals surface area contributed by atoms with Crippen LogP contribution in [0.5, 0.6) is 5.75 Å². The highest BCUT2D eigenvalue weighted by Crippen LogP contribution is 2.31. The number of nitrogens with one attached hydrogen (secondary N) is 5. The van der Waals surface area contributed by atoms with Crippen LogP contribution in [0.15, 0.2) is 42.5 Å². The topological polar surface area (TPSA) is 209 Å². The number of amides is 6. The van der Waals surface area contributed by atoms with E-state index < -0.39 is 65.7 Å². The molecular formula is C29H36N6O7. The maximum atomic E-state index is 13.1. The van der Waals surface area contributed by atoms with Crippen LogP contribution in [0.1, 0.15) is 38.8 Å². The summed E-state index contributed by atoms with van der Waals surface area (Å²) in [6, 6.07) is 6.29. The van der Waals surface area contributed by atoms with E-state index in [0.29, 0.717) is 22.3 Å². The number of primary amides is 1. The van der Waals surface area contributed by atoms with Crippen molar-refractivity contribution in [1.29, 1.82) is 0 Å². The third kappa shape index (κ3) is 8.29. The molecular weight excluding hydrogens is 544 g/mol. The van der Waals surface area contributed by atoms with Crippen LogP contribution in [-0.4, -0.2) is 70.8 Å². The molecule has 1 heterocycles. The van der Waals surface area contributed by atoms with Gasteiger partial charge in [-0.05, 0) is 49.6 Å². The molecule has 4 bridgehead atoms. The van der Waals surface area contributed by atoms with Crippen molar-refractivity contribution >= 4 is 35.4 Å². The first kappa shape index (κ1) is 31.6. The van der Waals surface area contributed by atoms with Crippen molar-refractivity contribution in [2.24, 2.45) is 5.73 Å². The summed E-state index contributed by atoms with van der Waals surface area (Å²) in [7, 11) is 0. The van der Waals surface area contributed by atoms with Crippen molar-refractivity contribution < 1.29 is 33.9 Å². The number of benzene rings is 2. The number of phenolic OH excluding ortho intramolecular Hbond substituents is 1. The van der Waals surface area contributed by atoms with Gasteiger partial charge >= 0.3 is 0 Å². The molecule has 2 aromatic rings. The smallest absolute Gasteiger partial charge is 0.243 e. The highest BCUT2D eigenvalue weighted by atomic mass is 16.3. The Hall–Kier alpha value is -4.94. The van der Waals surface area contributed by atoms with Gasteiger partial charge in [0.1, 0.15) is 36.0 Å². The molecule has 224 valence electrons. The molecule has 5 atom stereocenters. The number of phenols is 1. The normalized spacial score (nSPS) is 24.1. The summed E-state index contributed by atoms with van der Waals surface area (Å²) < 4.78 is 0. The Bertz CT molecular complexity index is 1390. The minimum atomic E-state index is -1.12. The minimum absolute atomic E-state index is 0.00381. The van der Waals surface area contributed by atoms with Gasteiger partial charge in [0.25, 0.3) is 0 Å². The van der Waals surface area contributed by atoms with Gasteiger partial charge in [-0.2, -0.15) is 0 Å². The summed E-state index contributed by atoms with van der Waals surface area (Å²) in [6.45, 7) is 5.51. The molecule has 0 saturated heterocycles. The molecule has 13 nitrogen and oxygen atoms in total. The molecule has 3 rings (SSSR count). The van der Waals surface area contributed by atoms with Gasteiger partial charge in [0.2, 0.25) is 35.4 Å². The van der Waals surface area contributed by atoms with Crippen LogP contribution in [0.3, 0.4) is 0 Å². The Kier molecular flexibility index (Phi) is 10.2. The lowest BCUT2D eigenvalue weighted by Crippen LogP contribution is -2.57. The second-order valence-electron chi connectivity index (χ2n) is 10.4. The van der Waals surface area contributed by atoms with E-state index in [9.17, 15) is 33.9 Å². The molecule has 2 aromatic carbocycles. The molecule has 42 heavy (non-hydrogen) atoms. The number of hydrogen-bond donors (Lipinski definition) is 7. The first-order valence-corrected chi connectivity index (χ1v) is 13.4. The third-order valence-electron chi connectivity index (χ3n) is 6.79. The molecule has 0 unspecified atom stereocenters. The quantitative estimate of drug-likeness (QED) is 0.239. The van der Waals surface area contributed by atoms with Crippen molar-refractivity contribution in [3.8, 4) is 16.9 Å². The van der Waals surface area contributed by atoms with Crippen LogP contribution in [0.2, 0.25) is 0 Å². The molecule has 6 amide bonds. The SMILES string of the molecule is CC(=O)N[C@H]1Cc2cccc(c2)-c2cc(ccc2O)C[C@@H](C(N)=O)NC(=O)[C@H](C)NC(=O)[C@H](C)NC(=O)[C@H](C)NC1=O. The Labute approximate surface area is 243 Å². The van der Waals surface area contributed by atoms with Gasteiger partial charge < -0.3 is 37.4 Å². The lowest BCUT2D eigenvalue weighted by molar-refractivity contribution is -0.134. The zero-order chi connectivity index (χ0) is 31.1. The summed E-state index contributed by atoms with van der Waals surface area (Å²) in [5.41, 5.74) is 7.82. The van der Waals surface area contributed by atoms with Gasteiger partial charge in [-0.3, -0.25) is 28.8 Å². The van der Waals surface area contributed by atoms with Crippen LogP contribution < -0.4 is 32.3 Å². The number of carbonyl (C=O) groups excluding carboxylic acids is 6. The van der Waals surface area contributed by atoms with Gasteiger partial charge in [0.05, 0.1) is 0 Å². The summed E-state index contributed by atoms with van der Waals surface area (Å²) >= 11 is 0. The van der Waals surface area contributed by atoms with Crippen LogP contribution in [-0.2, 0) is 41.6 Å². The molecule has 0 saturated carbocycles. The predicted octanol–water partition coefficient (Wildman–Crippen LogP) is -0.853. The number of carbonyl (C=O) groups is 6. The molecule has 1 aliphatic rings. The molecule has 0 fully saturated rings. The van der Waals surface area contributed by atoms with E-state index in [1.165, 1.54) is 33.8 Å². The number of nitrogens with two attached hydrogens (primary N) is 1. The number of rotatable bonds is 2. The van der Waals surface area contributed by atoms with Crippen molar-refractivity contribution in [3.63, 3.8) is 0 Å². The van der Waals surface area contributed by atoms with Gasteiger partial charge in [-0.25, -0.2) is 0 Å². The molecule has 1 aliphatic heterocycles. The van der Waals surface area contributed by atoms with Crippen molar-refractivity contribution in [3.05, 3.63) is 53.6 Å². The summed E-state index contributed by atoms with van der Waals surface area (Å²) in [4.78, 5) is 75.5. The fourth-order valence-corrected chi connectivity index (χ4v) is 4.44. The van der Waals surface area contributed by atoms with Crippen molar-refractivity contribution in [2.45, 2.75) is 70.7 Å². The molecule has 0 spiro atoms. The fraction of sp³-hybridized carbons (Fsp3) is 0.379. The van der Waals surface area contributed by atoms with E-state index in [2.05, 4.69) is 26.6 Å². The van der Waals surface area contributed by atoms with Gasteiger partial charge in [-0.15, -0.1) is 0 Å². The Morgan fingerprint density at radius 3 is 1.90 bits per heavy atom. The van der Waals surface area contributed by atoms with E-state index in [4.69, 9.17) is 5.73 Å². The van der Waals surface area contributed by atoms with Crippen molar-refractivity contribution in [1.82, 2.24) is 26.6 Å². The fourth-order valence-electron chi connectivity index (χ4n) is 4.44. The predicted molar refractivity (Wildman–Crippen MR) is 152 cm³/mol. The maximum absolute atomic E-state index is 13.1. The second-order valence-corrected chi connectivity index (χ2v) is 10.4. The van der Waals surface area contributed by atoms with E-state index in [1.807, 2.05) is 0 Å². The lowest BCUT2D eigenvalue weighted by Gasteiger charge is -2.23. The molecule has 0 aromatic heterocycles. The van der Waals surface area contributed by atoms with Crippen LogP contribution in [0, 0.1) is 0 Å². The average molecular weight is 581 g/mol. The number of aromatic hydroxyl groups is 1. The van der Waals surface area contributed by atoms with Gasteiger partial charge in [0.15, 0.2) is 0 Å². The van der Waals surface area contributed by atoms with E-state index in [0.717, 1.165) is 0 Å². The number of hydrogen-bond acceptors (Lipinski definition) is 7. The summed E-state index contributed by atoms with van der Waals surface area (Å²) in [5, 5.41) is 23.3. The Morgan fingerprint density at radius 1 is 0.786 bits per heavy atom. The summed E-state index contributed by atoms with van der Waals surface area (Å²) in [6.07, 6.45) is 0.0738. The minimum Gasteiger partial charge on any atom is -0.507 e. The molecule has 8 N–H and O–H groups in total. The monoisotopic (exact) mass is 580 g/mol. The van der Waals surface area contributed by atoms with Gasteiger partial charge in [-0.1, -0.05) is 30.3 Å². The second kappa shape index (κ2) is 13.6. The standard InChI is InChI=1S/C29H36N6O7/c1-14-26(39)32-16(3)28(41)35-22(25(30)38)12-19-8-9-24(37)21(11-19)20-7-5-6-18(10-20)13-23(34-17(4)36)29(42)33-15(2)27(40)31-14/h5-11,14-16,22-23,37H,12-13H2,1-4H3,(H2,30,38)(H,31,40)(H,32,39)(H,33,42)(H,34,36)(H,35,41)/t14-,15-,16-,22-,23-/m0/s1. The first-order chi connectivity index (χ1) is 19.7. The average Bonchev–Trinajstić information content (AvgIpc) is 2.92. The van der Waals surface area contributed by atoms with Crippen LogP contribution in [0.4, 0.5) is 0 Å². The van der Waals surface area contributed by atoms with E-state index >= 15 is 0 Å². The first-order valence-electron chi connectivity index (χ1n) is 13.4. The van der Waals surface area contributed by atoms with E-state index in [-0.39, 0.29) is 18.6 Å². The van der Waals surface area contributed by atoms with Gasteiger partial charge in [0, 0.05) is 25.3 Å². The Balaban J connectivity index is 2.04. The van der Waals surface area contributed by atoms with Crippen molar-refractivity contribution in [2.75, 3.05) is 0 Å². The lowest BCUT2D eigenvalue weighted by atomic mass is 9.95. The molecule has 0 radical (unpaired) electrons. The highest BCUT2D eigenvalue weighted by Gasteiger charge is 2.28. The highest BCUT2D eigenvalue weighted by molar-refractivity contribution is 5.96. The molecule has 0 aliphatic carbocycles. The Morgan fingerprint density at radius 2 is 1.33 bits per heavy atom. The zero-order valence-electron chi connectivity index (χ0n) is 23.8. The number of fused-ring (bicyclic) bond motifs is 5. The van der Waals surface area contributed by atoms with E-state index in [1.54, 1.807) is 36.4 Å². The zero-order valence-corrected chi connectivity index (χ0v) is 23.8.